The van der Waals surface area contributed by atoms with Crippen LogP contribution in [0.3, 0.4) is 0 Å². The Kier molecular flexibility index (Phi) is 13.3. The Balaban J connectivity index is 2.46. The maximum absolute atomic E-state index is 7.17. The van der Waals surface area contributed by atoms with Crippen molar-refractivity contribution >= 4 is 33.8 Å². The molecule has 3 aromatic carbocycles. The molecule has 8 heteroatoms. The van der Waals surface area contributed by atoms with Gasteiger partial charge in [-0.1, -0.05) is 30.0 Å². The van der Waals surface area contributed by atoms with Gasteiger partial charge in [-0.3, -0.25) is 0 Å². The predicted molar refractivity (Wildman–Crippen MR) is 197 cm³/mol. The molecular formula is C36H57N6PS. The lowest BCUT2D eigenvalue weighted by atomic mass is 10.1. The highest BCUT2D eigenvalue weighted by Crippen LogP contribution is 2.44. The normalized spacial score (nSPS) is 12.6. The van der Waals surface area contributed by atoms with E-state index in [2.05, 4.69) is 169 Å². The quantitative estimate of drug-likeness (QED) is 0.234. The SMILES string of the molecule is CN(C)Cc1cc(CN(C)C)cc(P(=S)(c2cc(CN(C)C)cc(CN(C)C)c2)c2cc(CN(C)C)cc(CN(C)C)c2)c1. The molecular weight excluding hydrogens is 579 g/mol. The van der Waals surface area contributed by atoms with E-state index in [1.165, 1.54) is 49.3 Å². The van der Waals surface area contributed by atoms with Crippen LogP contribution in [-0.4, -0.2) is 114 Å². The van der Waals surface area contributed by atoms with Gasteiger partial charge in [0.2, 0.25) is 0 Å². The molecule has 0 aliphatic carbocycles. The van der Waals surface area contributed by atoms with Crippen molar-refractivity contribution in [1.29, 1.82) is 0 Å². The van der Waals surface area contributed by atoms with Crippen LogP contribution in [0.5, 0.6) is 0 Å². The van der Waals surface area contributed by atoms with Crippen molar-refractivity contribution in [2.75, 3.05) is 84.6 Å². The molecule has 0 fully saturated rings. The molecule has 3 rings (SSSR count). The van der Waals surface area contributed by atoms with Crippen molar-refractivity contribution in [2.45, 2.75) is 39.3 Å². The summed E-state index contributed by atoms with van der Waals surface area (Å²) in [7, 11) is 25.7. The monoisotopic (exact) mass is 636 g/mol. The van der Waals surface area contributed by atoms with Crippen molar-refractivity contribution in [3.8, 4) is 0 Å². The Morgan fingerprint density at radius 1 is 0.341 bits per heavy atom. The van der Waals surface area contributed by atoms with Crippen LogP contribution in [-0.2, 0) is 51.1 Å². The molecule has 3 aromatic rings. The number of hydrogen-bond donors (Lipinski definition) is 0. The summed E-state index contributed by atoms with van der Waals surface area (Å²) in [6, 6.07) is 19.1. The molecule has 0 amide bonds. The van der Waals surface area contributed by atoms with Crippen LogP contribution in [0.2, 0.25) is 0 Å². The lowest BCUT2D eigenvalue weighted by Gasteiger charge is -2.29. The van der Waals surface area contributed by atoms with Gasteiger partial charge >= 0.3 is 0 Å². The summed E-state index contributed by atoms with van der Waals surface area (Å²) < 4.78 is 0. The molecule has 0 heterocycles. The summed E-state index contributed by atoms with van der Waals surface area (Å²) >= 11 is 7.17. The minimum absolute atomic E-state index is 0.878. The molecule has 0 aliphatic heterocycles. The molecule has 44 heavy (non-hydrogen) atoms. The van der Waals surface area contributed by atoms with Crippen molar-refractivity contribution < 1.29 is 0 Å². The van der Waals surface area contributed by atoms with Gasteiger partial charge in [-0.25, -0.2) is 0 Å². The second-order valence-electron chi connectivity index (χ2n) is 14.1. The minimum atomic E-state index is -2.48. The summed E-state index contributed by atoms with van der Waals surface area (Å²) in [6.07, 6.45) is 0. The zero-order chi connectivity index (χ0) is 32.8. The van der Waals surface area contributed by atoms with E-state index in [0.717, 1.165) is 39.3 Å². The van der Waals surface area contributed by atoms with Gasteiger partial charge in [0.15, 0.2) is 0 Å². The molecule has 0 aliphatic rings. The van der Waals surface area contributed by atoms with Gasteiger partial charge in [0.05, 0.1) is 0 Å². The first kappa shape index (κ1) is 36.5. The molecule has 0 atom stereocenters. The Morgan fingerprint density at radius 2 is 0.500 bits per heavy atom. The van der Waals surface area contributed by atoms with Crippen LogP contribution >= 0.6 is 6.04 Å². The van der Waals surface area contributed by atoms with Gasteiger partial charge in [-0.15, -0.1) is 0 Å². The Morgan fingerprint density at radius 3 is 0.636 bits per heavy atom. The van der Waals surface area contributed by atoms with E-state index >= 15 is 0 Å². The molecule has 0 spiro atoms. The van der Waals surface area contributed by atoms with Crippen LogP contribution in [0, 0.1) is 0 Å². The lowest BCUT2D eigenvalue weighted by Crippen LogP contribution is -2.29. The highest BCUT2D eigenvalue weighted by Gasteiger charge is 2.28. The van der Waals surface area contributed by atoms with Crippen LogP contribution in [0.4, 0.5) is 0 Å². The summed E-state index contributed by atoms with van der Waals surface area (Å²) in [6.45, 7) is 5.27. The van der Waals surface area contributed by atoms with E-state index in [4.69, 9.17) is 11.8 Å². The summed E-state index contributed by atoms with van der Waals surface area (Å²) in [4.78, 5) is 13.5. The Labute approximate surface area is 274 Å². The second-order valence-corrected chi connectivity index (χ2v) is 18.5. The number of benzene rings is 3. The molecule has 0 unspecified atom stereocenters. The first-order chi connectivity index (χ1) is 20.5. The van der Waals surface area contributed by atoms with Crippen LogP contribution in [0.25, 0.3) is 0 Å². The Bertz CT molecular complexity index is 1180. The summed E-state index contributed by atoms with van der Waals surface area (Å²) in [5, 5.41) is 3.83. The molecule has 0 aromatic heterocycles. The van der Waals surface area contributed by atoms with E-state index in [1.807, 2.05) is 0 Å². The number of rotatable bonds is 15. The van der Waals surface area contributed by atoms with Crippen LogP contribution in [0.1, 0.15) is 33.4 Å². The largest absolute Gasteiger partial charge is 0.305 e. The van der Waals surface area contributed by atoms with Crippen molar-refractivity contribution in [1.82, 2.24) is 29.4 Å². The summed E-state index contributed by atoms with van der Waals surface area (Å²) in [5.41, 5.74) is 7.89. The first-order valence-corrected chi connectivity index (χ1v) is 18.2. The molecule has 0 saturated carbocycles. The van der Waals surface area contributed by atoms with Gasteiger partial charge in [-0.2, -0.15) is 0 Å². The average Bonchev–Trinajstić information content (AvgIpc) is 2.85. The third kappa shape index (κ3) is 10.6. The van der Waals surface area contributed by atoms with Gasteiger partial charge in [-0.05, 0) is 170 Å². The van der Waals surface area contributed by atoms with E-state index in [1.54, 1.807) is 0 Å². The maximum Gasteiger partial charge on any atom is 0.0380 e. The highest BCUT2D eigenvalue weighted by molar-refractivity contribution is 8.25. The lowest BCUT2D eigenvalue weighted by molar-refractivity contribution is 0.396. The van der Waals surface area contributed by atoms with Crippen molar-refractivity contribution in [2.24, 2.45) is 0 Å². The van der Waals surface area contributed by atoms with E-state index in [9.17, 15) is 0 Å². The zero-order valence-electron chi connectivity index (χ0n) is 29.5. The van der Waals surface area contributed by atoms with Crippen molar-refractivity contribution in [3.63, 3.8) is 0 Å². The first-order valence-electron chi connectivity index (χ1n) is 15.4. The van der Waals surface area contributed by atoms with Crippen LogP contribution in [0.15, 0.2) is 54.6 Å². The fraction of sp³-hybridized carbons (Fsp3) is 0.500. The maximum atomic E-state index is 7.17. The average molecular weight is 637 g/mol. The molecule has 0 radical (unpaired) electrons. The highest BCUT2D eigenvalue weighted by atomic mass is 32.4. The third-order valence-corrected chi connectivity index (χ3v) is 12.0. The van der Waals surface area contributed by atoms with E-state index in [0.29, 0.717) is 0 Å². The van der Waals surface area contributed by atoms with E-state index in [-0.39, 0.29) is 0 Å². The van der Waals surface area contributed by atoms with Gasteiger partial charge in [0.25, 0.3) is 0 Å². The van der Waals surface area contributed by atoms with Crippen LogP contribution < -0.4 is 15.9 Å². The topological polar surface area (TPSA) is 19.4 Å². The molecule has 0 saturated heterocycles. The third-order valence-electron chi connectivity index (χ3n) is 7.20. The van der Waals surface area contributed by atoms with E-state index < -0.39 is 6.04 Å². The summed E-state index contributed by atoms with van der Waals surface area (Å²) in [5.74, 6) is 0. The standard InChI is InChI=1S/C36H57N6PS/c1-37(2)22-28-13-29(23-38(3)4)17-34(16-28)43(44,35-18-30(24-39(5)6)14-31(19-35)25-40(7)8)36-20-32(26-41(9)10)15-33(21-36)27-42(11)12/h13-21H,22-27H2,1-12H3. The predicted octanol–water partition coefficient (Wildman–Crippen LogP) is 3.81. The van der Waals surface area contributed by atoms with Gasteiger partial charge < -0.3 is 29.4 Å². The minimum Gasteiger partial charge on any atom is -0.305 e. The molecule has 6 nitrogen and oxygen atoms in total. The smallest absolute Gasteiger partial charge is 0.0380 e. The number of nitrogens with zero attached hydrogens (tertiary/aromatic N) is 6. The zero-order valence-corrected chi connectivity index (χ0v) is 31.2. The number of hydrogen-bond acceptors (Lipinski definition) is 7. The fourth-order valence-corrected chi connectivity index (χ4v) is 9.89. The molecule has 0 bridgehead atoms. The van der Waals surface area contributed by atoms with Gasteiger partial charge in [0.1, 0.15) is 0 Å². The second kappa shape index (κ2) is 16.1. The fourth-order valence-electron chi connectivity index (χ4n) is 5.96. The molecule has 0 N–H and O–H groups in total. The van der Waals surface area contributed by atoms with Gasteiger partial charge in [0, 0.05) is 45.3 Å². The van der Waals surface area contributed by atoms with Crippen molar-refractivity contribution in [3.05, 3.63) is 88.0 Å². The Hall–Kier alpha value is -1.93. The molecule has 242 valence electrons.